The number of anilines is 1. The van der Waals surface area contributed by atoms with Gasteiger partial charge in [-0.3, -0.25) is 9.59 Å². The van der Waals surface area contributed by atoms with E-state index < -0.39 is 61.6 Å². The van der Waals surface area contributed by atoms with Gasteiger partial charge < -0.3 is 15.1 Å². The summed E-state index contributed by atoms with van der Waals surface area (Å²) in [5, 5.41) is 10.4. The SMILES string of the molecule is CC(C)c1ccc(C(NC(=O)C2CC(F)CN2C(=O)Cn2nncc2N2CC(F)(F)C2)c2ccccc2)nc1F. The fourth-order valence-corrected chi connectivity index (χ4v) is 5.07. The molecule has 1 aromatic carbocycles. The van der Waals surface area contributed by atoms with Gasteiger partial charge in [-0.1, -0.05) is 55.5 Å². The fraction of sp³-hybridized carbons (Fsp3) is 0.444. The second-order valence-corrected chi connectivity index (χ2v) is 10.5. The minimum Gasteiger partial charge on any atom is -0.343 e. The molecule has 3 aromatic rings. The first-order chi connectivity index (χ1) is 19.0. The summed E-state index contributed by atoms with van der Waals surface area (Å²) in [6.07, 6.45) is -0.397. The number of alkyl halides is 3. The van der Waals surface area contributed by atoms with Gasteiger partial charge in [-0.05, 0) is 17.5 Å². The predicted molar refractivity (Wildman–Crippen MR) is 137 cm³/mol. The molecule has 2 fully saturated rings. The Bertz CT molecular complexity index is 1380. The molecule has 13 heteroatoms. The van der Waals surface area contributed by atoms with Gasteiger partial charge in [-0.25, -0.2) is 22.8 Å². The van der Waals surface area contributed by atoms with Crippen LogP contribution in [0.2, 0.25) is 0 Å². The van der Waals surface area contributed by atoms with Crippen LogP contribution in [0, 0.1) is 5.95 Å². The van der Waals surface area contributed by atoms with Crippen LogP contribution in [0.15, 0.2) is 48.7 Å². The minimum atomic E-state index is -2.83. The maximum atomic E-state index is 14.8. The molecule has 0 spiro atoms. The third-order valence-electron chi connectivity index (χ3n) is 7.16. The summed E-state index contributed by atoms with van der Waals surface area (Å²) < 4.78 is 57.2. The molecule has 3 atom stereocenters. The van der Waals surface area contributed by atoms with E-state index in [1.807, 2.05) is 13.8 Å². The largest absolute Gasteiger partial charge is 0.343 e. The average molecular weight is 560 g/mol. The number of nitrogens with zero attached hydrogens (tertiary/aromatic N) is 6. The molecule has 212 valence electrons. The van der Waals surface area contributed by atoms with E-state index in [0.717, 1.165) is 9.58 Å². The molecule has 0 radical (unpaired) electrons. The molecule has 2 aliphatic heterocycles. The summed E-state index contributed by atoms with van der Waals surface area (Å²) in [5.74, 6) is -4.57. The van der Waals surface area contributed by atoms with Crippen LogP contribution >= 0.6 is 0 Å². The highest BCUT2D eigenvalue weighted by atomic mass is 19.3. The normalized spacial score (nSPS) is 20.9. The van der Waals surface area contributed by atoms with E-state index in [0.29, 0.717) is 11.1 Å². The van der Waals surface area contributed by atoms with Crippen LogP contribution in [0.5, 0.6) is 0 Å². The smallest absolute Gasteiger partial charge is 0.282 e. The van der Waals surface area contributed by atoms with E-state index in [9.17, 15) is 27.2 Å². The lowest BCUT2D eigenvalue weighted by atomic mass is 9.99. The number of carbonyl (C=O) groups excluding carboxylic acids is 2. The number of halogens is 4. The Kier molecular flexibility index (Phi) is 7.47. The second-order valence-electron chi connectivity index (χ2n) is 10.5. The molecule has 0 bridgehead atoms. The third-order valence-corrected chi connectivity index (χ3v) is 7.16. The summed E-state index contributed by atoms with van der Waals surface area (Å²) in [4.78, 5) is 33.3. The van der Waals surface area contributed by atoms with Crippen LogP contribution in [0.25, 0.3) is 0 Å². The number of likely N-dealkylation sites (tertiary alicyclic amines) is 1. The van der Waals surface area contributed by atoms with E-state index >= 15 is 0 Å². The van der Waals surface area contributed by atoms with E-state index in [1.54, 1.807) is 42.5 Å². The molecule has 9 nitrogen and oxygen atoms in total. The number of carbonyl (C=O) groups is 2. The number of amides is 2. The van der Waals surface area contributed by atoms with Crippen molar-refractivity contribution in [3.05, 3.63) is 71.4 Å². The number of rotatable bonds is 8. The molecular weight excluding hydrogens is 530 g/mol. The van der Waals surface area contributed by atoms with Crippen molar-refractivity contribution in [1.29, 1.82) is 0 Å². The summed E-state index contributed by atoms with van der Waals surface area (Å²) in [5.41, 5.74) is 1.32. The molecule has 0 aliphatic carbocycles. The van der Waals surface area contributed by atoms with Crippen molar-refractivity contribution in [2.45, 2.75) is 56.9 Å². The highest BCUT2D eigenvalue weighted by Gasteiger charge is 2.46. The molecule has 3 unspecified atom stereocenters. The van der Waals surface area contributed by atoms with Crippen molar-refractivity contribution >= 4 is 17.6 Å². The van der Waals surface area contributed by atoms with Crippen LogP contribution in [-0.4, -0.2) is 74.5 Å². The van der Waals surface area contributed by atoms with Gasteiger partial charge in [-0.15, -0.1) is 5.10 Å². The Morgan fingerprint density at radius 1 is 1.12 bits per heavy atom. The summed E-state index contributed by atoms with van der Waals surface area (Å²) in [7, 11) is 0. The Hall–Kier alpha value is -4.03. The number of nitrogens with one attached hydrogen (secondary N) is 1. The van der Waals surface area contributed by atoms with Gasteiger partial charge in [0.15, 0.2) is 0 Å². The number of benzene rings is 1. The van der Waals surface area contributed by atoms with Gasteiger partial charge in [0.2, 0.25) is 17.8 Å². The van der Waals surface area contributed by atoms with Crippen LogP contribution in [-0.2, 0) is 16.1 Å². The van der Waals surface area contributed by atoms with E-state index in [4.69, 9.17) is 0 Å². The average Bonchev–Trinajstić information content (AvgIpc) is 3.52. The van der Waals surface area contributed by atoms with Crippen molar-refractivity contribution in [1.82, 2.24) is 30.2 Å². The van der Waals surface area contributed by atoms with E-state index in [2.05, 4.69) is 20.6 Å². The van der Waals surface area contributed by atoms with Gasteiger partial charge in [0.1, 0.15) is 24.6 Å². The monoisotopic (exact) mass is 559 g/mol. The lowest BCUT2D eigenvalue weighted by Gasteiger charge is -2.39. The molecule has 2 aromatic heterocycles. The van der Waals surface area contributed by atoms with Gasteiger partial charge in [-0.2, -0.15) is 4.39 Å². The van der Waals surface area contributed by atoms with Crippen molar-refractivity contribution in [3.63, 3.8) is 0 Å². The van der Waals surface area contributed by atoms with E-state index in [1.165, 1.54) is 11.1 Å². The standard InChI is InChI=1S/C27H29F4N7O2/c1-16(2)19-8-9-20(33-25(19)29)24(17-6-4-3-5-7-17)34-26(40)21-10-18(28)12-37(21)23(39)13-38-22(11-32-35-38)36-14-27(30,31)15-36/h3-9,11,16,18,21,24H,10,12-15H2,1-2H3,(H,34,40). The van der Waals surface area contributed by atoms with Crippen molar-refractivity contribution in [2.75, 3.05) is 24.5 Å². The Balaban J connectivity index is 1.35. The lowest BCUT2D eigenvalue weighted by Crippen LogP contribution is -2.57. The van der Waals surface area contributed by atoms with Crippen LogP contribution in [0.3, 0.4) is 0 Å². The minimum absolute atomic E-state index is 0.0889. The second kappa shape index (κ2) is 10.9. The van der Waals surface area contributed by atoms with Crippen molar-refractivity contribution in [3.8, 4) is 0 Å². The molecule has 1 N–H and O–H groups in total. The molecule has 2 saturated heterocycles. The highest BCUT2D eigenvalue weighted by Crippen LogP contribution is 2.31. The number of pyridine rings is 1. The molecule has 40 heavy (non-hydrogen) atoms. The van der Waals surface area contributed by atoms with E-state index in [-0.39, 0.29) is 30.4 Å². The maximum absolute atomic E-state index is 14.8. The van der Waals surface area contributed by atoms with Crippen LogP contribution in [0.4, 0.5) is 23.4 Å². The van der Waals surface area contributed by atoms with Gasteiger partial charge in [0, 0.05) is 12.0 Å². The first kappa shape index (κ1) is 27.5. The molecule has 0 saturated carbocycles. The third kappa shape index (κ3) is 5.63. The van der Waals surface area contributed by atoms with Crippen molar-refractivity contribution < 1.29 is 27.2 Å². The van der Waals surface area contributed by atoms with Gasteiger partial charge in [0.05, 0.1) is 37.6 Å². The summed E-state index contributed by atoms with van der Waals surface area (Å²) >= 11 is 0. The van der Waals surface area contributed by atoms with Crippen LogP contribution in [0.1, 0.15) is 49.0 Å². The summed E-state index contributed by atoms with van der Waals surface area (Å²) in [6.45, 7) is 1.92. The highest BCUT2D eigenvalue weighted by molar-refractivity contribution is 5.89. The molecule has 2 aliphatic rings. The topological polar surface area (TPSA) is 96.2 Å². The first-order valence-electron chi connectivity index (χ1n) is 13.0. The molecule has 5 rings (SSSR count). The summed E-state index contributed by atoms with van der Waals surface area (Å²) in [6, 6.07) is 10.1. The quantitative estimate of drug-likeness (QED) is 0.336. The zero-order valence-electron chi connectivity index (χ0n) is 22.0. The van der Waals surface area contributed by atoms with Gasteiger partial charge in [0.25, 0.3) is 5.92 Å². The zero-order valence-corrected chi connectivity index (χ0v) is 22.0. The van der Waals surface area contributed by atoms with Crippen LogP contribution < -0.4 is 10.2 Å². The number of hydrogen-bond donors (Lipinski definition) is 1. The molecule has 4 heterocycles. The maximum Gasteiger partial charge on any atom is 0.282 e. The van der Waals surface area contributed by atoms with Gasteiger partial charge >= 0.3 is 0 Å². The zero-order chi connectivity index (χ0) is 28.6. The number of hydrogen-bond acceptors (Lipinski definition) is 6. The Labute approximate surface area is 228 Å². The molecule has 2 amide bonds. The Morgan fingerprint density at radius 3 is 2.50 bits per heavy atom. The lowest BCUT2D eigenvalue weighted by molar-refractivity contribution is -0.139. The Morgan fingerprint density at radius 2 is 1.85 bits per heavy atom. The van der Waals surface area contributed by atoms with Crippen molar-refractivity contribution in [2.24, 2.45) is 0 Å². The predicted octanol–water partition coefficient (Wildman–Crippen LogP) is 3.24. The fourth-order valence-electron chi connectivity index (χ4n) is 5.07. The molecular formula is C27H29F4N7O2. The first-order valence-corrected chi connectivity index (χ1v) is 13.0. The number of aromatic nitrogens is 4.